The summed E-state index contributed by atoms with van der Waals surface area (Å²) in [6, 6.07) is 6.33. The average molecular weight is 278 g/mol. The van der Waals surface area contributed by atoms with Crippen LogP contribution in [-0.4, -0.2) is 24.4 Å². The van der Waals surface area contributed by atoms with Crippen molar-refractivity contribution in [1.82, 2.24) is 5.32 Å². The highest BCUT2D eigenvalue weighted by molar-refractivity contribution is 6.03. The Hall–Kier alpha value is -2.17. The molecule has 0 heterocycles. The number of nitrogens with zero attached hydrogens (tertiary/aromatic N) is 1. The van der Waals surface area contributed by atoms with Crippen LogP contribution in [0.5, 0.6) is 0 Å². The van der Waals surface area contributed by atoms with Crippen LogP contribution >= 0.6 is 0 Å². The third-order valence-electron chi connectivity index (χ3n) is 2.54. The van der Waals surface area contributed by atoms with Gasteiger partial charge in [0.1, 0.15) is 0 Å². The highest BCUT2D eigenvalue weighted by Crippen LogP contribution is 2.16. The van der Waals surface area contributed by atoms with E-state index in [1.54, 1.807) is 24.3 Å². The molecule has 0 saturated heterocycles. The van der Waals surface area contributed by atoms with Crippen molar-refractivity contribution in [2.45, 2.75) is 26.3 Å². The minimum atomic E-state index is -1.03. The van der Waals surface area contributed by atoms with Gasteiger partial charge in [0.2, 0.25) is 0 Å². The first-order chi connectivity index (χ1) is 9.11. The lowest BCUT2D eigenvalue weighted by Gasteiger charge is -2.21. The van der Waals surface area contributed by atoms with Crippen molar-refractivity contribution in [2.75, 3.05) is 11.9 Å². The minimum absolute atomic E-state index is 0.201. The molecular formula is C15H19FN2O2. The minimum Gasteiger partial charge on any atom is -0.347 e. The van der Waals surface area contributed by atoms with Crippen molar-refractivity contribution in [3.8, 4) is 0 Å². The molecule has 0 aliphatic rings. The van der Waals surface area contributed by atoms with Crippen LogP contribution in [0.4, 0.5) is 10.1 Å². The van der Waals surface area contributed by atoms with E-state index in [2.05, 4.69) is 11.9 Å². The first-order valence-corrected chi connectivity index (χ1v) is 6.17. The number of likely N-dealkylation sites (N-methyl/N-ethyl adjacent to an activating group) is 1. The highest BCUT2D eigenvalue weighted by Gasteiger charge is 2.17. The second-order valence-corrected chi connectivity index (χ2v) is 5.52. The molecule has 1 aromatic carbocycles. The number of hydrogen-bond donors (Lipinski definition) is 1. The predicted octanol–water partition coefficient (Wildman–Crippen LogP) is 2.66. The Labute approximate surface area is 118 Å². The van der Waals surface area contributed by atoms with Gasteiger partial charge in [0.25, 0.3) is 11.8 Å². The topological polar surface area (TPSA) is 49.4 Å². The second kappa shape index (κ2) is 5.86. The van der Waals surface area contributed by atoms with E-state index < -0.39 is 11.7 Å². The molecule has 20 heavy (non-hydrogen) atoms. The molecule has 0 bridgehead atoms. The first kappa shape index (κ1) is 15.9. The fraction of sp³-hybridized carbons (Fsp3) is 0.333. The summed E-state index contributed by atoms with van der Waals surface area (Å²) in [5.74, 6) is -2.04. The maximum atomic E-state index is 12.8. The Bertz CT molecular complexity index is 530. The molecule has 1 aromatic rings. The lowest BCUT2D eigenvalue weighted by molar-refractivity contribution is -0.116. The van der Waals surface area contributed by atoms with Gasteiger partial charge in [-0.1, -0.05) is 6.58 Å². The molecule has 5 heteroatoms. The molecule has 2 amide bonds. The van der Waals surface area contributed by atoms with Gasteiger partial charge in [-0.15, -0.1) is 0 Å². The van der Waals surface area contributed by atoms with Crippen molar-refractivity contribution in [2.24, 2.45) is 0 Å². The molecule has 108 valence electrons. The van der Waals surface area contributed by atoms with Gasteiger partial charge in [-0.25, -0.2) is 4.39 Å². The Morgan fingerprint density at radius 2 is 1.70 bits per heavy atom. The van der Waals surface area contributed by atoms with Gasteiger partial charge in [-0.05, 0) is 45.0 Å². The Morgan fingerprint density at radius 3 is 2.10 bits per heavy atom. The molecule has 0 aromatic heterocycles. The van der Waals surface area contributed by atoms with E-state index in [-0.39, 0.29) is 11.4 Å². The number of amides is 2. The number of benzene rings is 1. The molecule has 4 nitrogen and oxygen atoms in total. The molecular weight excluding hydrogens is 259 g/mol. The van der Waals surface area contributed by atoms with Crippen LogP contribution in [0, 0.1) is 0 Å². The third-order valence-corrected chi connectivity index (χ3v) is 2.54. The van der Waals surface area contributed by atoms with Crippen molar-refractivity contribution >= 4 is 17.5 Å². The van der Waals surface area contributed by atoms with Crippen LogP contribution in [0.25, 0.3) is 0 Å². The SMILES string of the molecule is C=C(F)C(=O)N(C)c1ccc(C(=O)NC(C)(C)C)cc1. The second-order valence-electron chi connectivity index (χ2n) is 5.52. The van der Waals surface area contributed by atoms with Crippen molar-refractivity contribution in [3.63, 3.8) is 0 Å². The number of rotatable bonds is 3. The van der Waals surface area contributed by atoms with Gasteiger partial charge in [-0.3, -0.25) is 9.59 Å². The number of carbonyl (C=O) groups is 2. The van der Waals surface area contributed by atoms with Crippen molar-refractivity contribution < 1.29 is 14.0 Å². The maximum Gasteiger partial charge on any atom is 0.286 e. The zero-order chi connectivity index (χ0) is 15.5. The van der Waals surface area contributed by atoms with Gasteiger partial charge in [0.05, 0.1) is 0 Å². The van der Waals surface area contributed by atoms with Gasteiger partial charge < -0.3 is 10.2 Å². The third kappa shape index (κ3) is 4.19. The van der Waals surface area contributed by atoms with E-state index in [4.69, 9.17) is 0 Å². The molecule has 0 saturated carbocycles. The average Bonchev–Trinajstić information content (AvgIpc) is 2.35. The summed E-state index contributed by atoms with van der Waals surface area (Å²) in [6.45, 7) is 8.63. The molecule has 0 radical (unpaired) electrons. The van der Waals surface area contributed by atoms with Crippen LogP contribution in [0.15, 0.2) is 36.7 Å². The lowest BCUT2D eigenvalue weighted by atomic mass is 10.1. The van der Waals surface area contributed by atoms with Crippen LogP contribution < -0.4 is 10.2 Å². The Kier molecular flexibility index (Phi) is 4.65. The van der Waals surface area contributed by atoms with Crippen LogP contribution in [0.3, 0.4) is 0 Å². The summed E-state index contributed by atoms with van der Waals surface area (Å²) in [5.41, 5.74) is 0.638. The first-order valence-electron chi connectivity index (χ1n) is 6.17. The van der Waals surface area contributed by atoms with Gasteiger partial charge in [0.15, 0.2) is 5.83 Å². The largest absolute Gasteiger partial charge is 0.347 e. The molecule has 0 spiro atoms. The molecule has 0 atom stereocenters. The Balaban J connectivity index is 2.86. The maximum absolute atomic E-state index is 12.8. The number of nitrogens with one attached hydrogen (secondary N) is 1. The van der Waals surface area contributed by atoms with Gasteiger partial charge in [-0.2, -0.15) is 0 Å². The summed E-state index contributed by atoms with van der Waals surface area (Å²) in [7, 11) is 1.44. The zero-order valence-electron chi connectivity index (χ0n) is 12.2. The normalized spacial score (nSPS) is 10.8. The molecule has 1 rings (SSSR count). The van der Waals surface area contributed by atoms with E-state index >= 15 is 0 Å². The number of halogens is 1. The molecule has 0 fully saturated rings. The highest BCUT2D eigenvalue weighted by atomic mass is 19.1. The van der Waals surface area contributed by atoms with E-state index in [9.17, 15) is 14.0 Å². The summed E-state index contributed by atoms with van der Waals surface area (Å²) in [5, 5.41) is 2.83. The number of carbonyl (C=O) groups excluding carboxylic acids is 2. The van der Waals surface area contributed by atoms with Crippen LogP contribution in [0.2, 0.25) is 0 Å². The van der Waals surface area contributed by atoms with Crippen LogP contribution in [0.1, 0.15) is 31.1 Å². The van der Waals surface area contributed by atoms with Gasteiger partial charge >= 0.3 is 0 Å². The van der Waals surface area contributed by atoms with E-state index in [0.717, 1.165) is 4.90 Å². The standard InChI is InChI=1S/C15H19FN2O2/c1-10(16)14(20)18(5)12-8-6-11(7-9-12)13(19)17-15(2,3)4/h6-9H,1H2,2-5H3,(H,17,19). The van der Waals surface area contributed by atoms with Crippen LogP contribution in [-0.2, 0) is 4.79 Å². The monoisotopic (exact) mass is 278 g/mol. The fourth-order valence-corrected chi connectivity index (χ4v) is 1.55. The van der Waals surface area contributed by atoms with Gasteiger partial charge in [0, 0.05) is 23.8 Å². The number of hydrogen-bond acceptors (Lipinski definition) is 2. The molecule has 0 aliphatic carbocycles. The van der Waals surface area contributed by atoms with Crippen molar-refractivity contribution in [1.29, 1.82) is 0 Å². The molecule has 0 aliphatic heterocycles. The zero-order valence-corrected chi connectivity index (χ0v) is 12.2. The Morgan fingerprint density at radius 1 is 1.20 bits per heavy atom. The predicted molar refractivity (Wildman–Crippen MR) is 77.3 cm³/mol. The van der Waals surface area contributed by atoms with Crippen molar-refractivity contribution in [3.05, 3.63) is 42.2 Å². The summed E-state index contributed by atoms with van der Waals surface area (Å²) in [6.07, 6.45) is 0. The number of anilines is 1. The fourth-order valence-electron chi connectivity index (χ4n) is 1.55. The van der Waals surface area contributed by atoms with E-state index in [0.29, 0.717) is 11.3 Å². The lowest BCUT2D eigenvalue weighted by Crippen LogP contribution is -2.40. The summed E-state index contributed by atoms with van der Waals surface area (Å²) in [4.78, 5) is 24.5. The molecule has 1 N–H and O–H groups in total. The summed E-state index contributed by atoms with van der Waals surface area (Å²) < 4.78 is 12.8. The molecule has 0 unspecified atom stereocenters. The van der Waals surface area contributed by atoms with E-state index in [1.165, 1.54) is 7.05 Å². The summed E-state index contributed by atoms with van der Waals surface area (Å²) >= 11 is 0. The smallest absolute Gasteiger partial charge is 0.286 e. The quantitative estimate of drug-likeness (QED) is 0.864. The van der Waals surface area contributed by atoms with E-state index in [1.807, 2.05) is 20.8 Å².